The fourth-order valence-corrected chi connectivity index (χ4v) is 5.34. The summed E-state index contributed by atoms with van der Waals surface area (Å²) < 4.78 is 9.97. The number of aliphatic hydroxyl groups is 2. The number of hydrogen-bond acceptors (Lipinski definition) is 12. The third kappa shape index (κ3) is 14.3. The van der Waals surface area contributed by atoms with Crippen LogP contribution in [0.3, 0.4) is 0 Å². The van der Waals surface area contributed by atoms with E-state index in [1.807, 2.05) is 0 Å². The molecule has 0 heterocycles. The first-order chi connectivity index (χ1) is 25.0. The molecule has 0 aliphatic heterocycles. The van der Waals surface area contributed by atoms with E-state index in [2.05, 4.69) is 16.0 Å². The lowest BCUT2D eigenvalue weighted by Gasteiger charge is -2.34. The van der Waals surface area contributed by atoms with Crippen molar-refractivity contribution in [2.75, 3.05) is 20.8 Å². The molecule has 0 aromatic heterocycles. The summed E-state index contributed by atoms with van der Waals surface area (Å²) in [6.07, 6.45) is -1.85. The van der Waals surface area contributed by atoms with E-state index in [1.54, 1.807) is 78.8 Å². The third-order valence-electron chi connectivity index (χ3n) is 8.61. The van der Waals surface area contributed by atoms with Crippen LogP contribution in [0, 0.1) is 17.8 Å². The predicted octanol–water partition coefficient (Wildman–Crippen LogP) is -0.193. The van der Waals surface area contributed by atoms with Gasteiger partial charge in [0, 0.05) is 7.05 Å². The topological polar surface area (TPSA) is 247 Å². The van der Waals surface area contributed by atoms with Crippen LogP contribution in [0.1, 0.15) is 74.3 Å². The highest BCUT2D eigenvalue weighted by Gasteiger charge is 2.38. The van der Waals surface area contributed by atoms with Crippen molar-refractivity contribution in [2.24, 2.45) is 23.6 Å². The molecule has 0 aliphatic rings. The van der Waals surface area contributed by atoms with Crippen LogP contribution in [0.25, 0.3) is 0 Å². The minimum absolute atomic E-state index is 0.107. The van der Waals surface area contributed by atoms with Crippen LogP contribution in [0.15, 0.2) is 30.3 Å². The Morgan fingerprint density at radius 2 is 1.37 bits per heavy atom. The Morgan fingerprint density at radius 1 is 0.815 bits per heavy atom. The zero-order valence-corrected chi connectivity index (χ0v) is 33.2. The van der Waals surface area contributed by atoms with Crippen molar-refractivity contribution in [3.05, 3.63) is 35.9 Å². The number of nitrogens with zero attached hydrogens (tertiary/aromatic N) is 2. The Hall–Kier alpha value is -4.61. The monoisotopic (exact) mass is 764 g/mol. The van der Waals surface area contributed by atoms with Gasteiger partial charge < -0.3 is 40.5 Å². The largest absolute Gasteiger partial charge is 0.467 e. The Morgan fingerprint density at radius 3 is 1.85 bits per heavy atom. The van der Waals surface area contributed by atoms with Crippen molar-refractivity contribution in [3.8, 4) is 0 Å². The Kier molecular flexibility index (Phi) is 18.7. The molecule has 0 saturated heterocycles. The van der Waals surface area contributed by atoms with Crippen molar-refractivity contribution in [1.29, 1.82) is 0 Å². The minimum Gasteiger partial charge on any atom is -0.467 e. The summed E-state index contributed by atoms with van der Waals surface area (Å²) in [5, 5.41) is 29.4. The van der Waals surface area contributed by atoms with E-state index in [9.17, 15) is 43.8 Å². The van der Waals surface area contributed by atoms with Crippen molar-refractivity contribution in [2.45, 2.75) is 117 Å². The number of hydrazine groups is 1. The van der Waals surface area contributed by atoms with Gasteiger partial charge in [-0.2, -0.15) is 0 Å². The van der Waals surface area contributed by atoms with Gasteiger partial charge in [-0.1, -0.05) is 58.0 Å². The molecule has 1 rings (SSSR count). The lowest BCUT2D eigenvalue weighted by atomic mass is 9.96. The summed E-state index contributed by atoms with van der Waals surface area (Å²) in [7, 11) is 2.61. The fraction of sp³-hybridized carbons (Fsp3) is 0.649. The normalized spacial score (nSPS) is 15.4. The number of esters is 2. The van der Waals surface area contributed by atoms with E-state index < -0.39 is 108 Å². The SMILES string of the molecule is COC(=O)[C@@H](NC(=O)[C@@H](NC(=O)C[C@H](O)[C@H](Cc1ccccc1)N(C)C(=O)[C@H](C)NC(=O)[C@H](C)N(N)C(=O)[C@H](CO)C(=O)OC(C)(C)C)C(C)C)C(C)C. The molecule has 0 spiro atoms. The van der Waals surface area contributed by atoms with Gasteiger partial charge in [-0.25, -0.2) is 10.6 Å². The Bertz CT molecular complexity index is 1450. The molecule has 17 nitrogen and oxygen atoms in total. The second-order valence-corrected chi connectivity index (χ2v) is 14.9. The molecular weight excluding hydrogens is 704 g/mol. The highest BCUT2D eigenvalue weighted by molar-refractivity contribution is 6.00. The lowest BCUT2D eigenvalue weighted by molar-refractivity contribution is -0.168. The molecule has 1 aromatic carbocycles. The van der Waals surface area contributed by atoms with Crippen LogP contribution in [0.2, 0.25) is 0 Å². The molecule has 7 atom stereocenters. The van der Waals surface area contributed by atoms with Gasteiger partial charge in [0.05, 0.1) is 32.3 Å². The van der Waals surface area contributed by atoms with Gasteiger partial charge in [0.25, 0.3) is 5.91 Å². The van der Waals surface area contributed by atoms with Gasteiger partial charge in [0.2, 0.25) is 23.6 Å². The zero-order valence-electron chi connectivity index (χ0n) is 33.2. The highest BCUT2D eigenvalue weighted by Crippen LogP contribution is 2.17. The van der Waals surface area contributed by atoms with Gasteiger partial charge in [0.1, 0.15) is 29.8 Å². The zero-order chi connectivity index (χ0) is 41.7. The lowest BCUT2D eigenvalue weighted by Crippen LogP contribution is -2.59. The van der Waals surface area contributed by atoms with Gasteiger partial charge in [-0.3, -0.25) is 33.8 Å². The van der Waals surface area contributed by atoms with E-state index in [1.165, 1.54) is 32.9 Å². The summed E-state index contributed by atoms with van der Waals surface area (Å²) >= 11 is 0. The standard InChI is InChI=1S/C37H60N6O11/c1-20(2)29(32(48)41-30(21(3)4)36(52)53-11)40-28(46)18-27(45)26(17-24-15-13-12-14-16-24)42(10)33(49)22(5)39-31(47)23(6)43(38)34(50)25(19-44)35(51)54-37(7,8)9/h12-16,20-23,25-27,29-30,44-45H,17-19,38H2,1-11H3,(H,39,47)(H,40,46)(H,41,48)/t22-,23-,25-,26-,27-,29-,30-/m0/s1. The molecule has 0 aliphatic carbocycles. The molecule has 17 heteroatoms. The number of aliphatic hydroxyl groups excluding tert-OH is 2. The number of carbonyl (C=O) groups excluding carboxylic acids is 7. The summed E-state index contributed by atoms with van der Waals surface area (Å²) in [4.78, 5) is 92.2. The Labute approximate surface area is 317 Å². The smallest absolute Gasteiger partial charge is 0.328 e. The molecular formula is C37H60N6O11. The molecule has 0 saturated carbocycles. The summed E-state index contributed by atoms with van der Waals surface area (Å²) in [6, 6.07) is 3.27. The number of nitrogens with two attached hydrogens (primary N) is 1. The summed E-state index contributed by atoms with van der Waals surface area (Å²) in [6.45, 7) is 13.3. The van der Waals surface area contributed by atoms with E-state index in [4.69, 9.17) is 15.3 Å². The molecule has 7 N–H and O–H groups in total. The number of methoxy groups -OCH3 is 1. The first kappa shape index (κ1) is 47.4. The first-order valence-corrected chi connectivity index (χ1v) is 17.8. The molecule has 0 unspecified atom stereocenters. The molecule has 0 fully saturated rings. The minimum atomic E-state index is -1.69. The van der Waals surface area contributed by atoms with Crippen LogP contribution in [-0.2, 0) is 49.5 Å². The number of nitrogens with one attached hydrogen (secondary N) is 3. The quantitative estimate of drug-likeness (QED) is 0.0353. The van der Waals surface area contributed by atoms with Crippen LogP contribution in [0.5, 0.6) is 0 Å². The van der Waals surface area contributed by atoms with Gasteiger partial charge in [0.15, 0.2) is 5.92 Å². The average molecular weight is 765 g/mol. The number of hydrogen-bond donors (Lipinski definition) is 6. The molecule has 0 radical (unpaired) electrons. The number of carbonyl (C=O) groups is 7. The van der Waals surface area contributed by atoms with Crippen molar-refractivity contribution in [1.82, 2.24) is 25.9 Å². The fourth-order valence-electron chi connectivity index (χ4n) is 5.34. The van der Waals surface area contributed by atoms with Crippen LogP contribution < -0.4 is 21.8 Å². The number of likely N-dealkylation sites (N-methyl/N-ethyl adjacent to an activating group) is 1. The number of ether oxygens (including phenoxy) is 2. The van der Waals surface area contributed by atoms with E-state index in [0.29, 0.717) is 5.01 Å². The maximum Gasteiger partial charge on any atom is 0.328 e. The van der Waals surface area contributed by atoms with Gasteiger partial charge >= 0.3 is 11.9 Å². The maximum absolute atomic E-state index is 13.7. The van der Waals surface area contributed by atoms with E-state index in [-0.39, 0.29) is 12.3 Å². The molecule has 5 amide bonds. The molecule has 304 valence electrons. The highest BCUT2D eigenvalue weighted by atomic mass is 16.6. The number of benzene rings is 1. The number of amides is 5. The van der Waals surface area contributed by atoms with Gasteiger partial charge in [-0.05, 0) is 58.4 Å². The summed E-state index contributed by atoms with van der Waals surface area (Å²) in [5.41, 5.74) is -0.225. The second kappa shape index (κ2) is 21.3. The predicted molar refractivity (Wildman–Crippen MR) is 197 cm³/mol. The van der Waals surface area contributed by atoms with E-state index >= 15 is 0 Å². The number of rotatable bonds is 19. The summed E-state index contributed by atoms with van der Waals surface area (Å²) in [5.74, 6) is -2.05. The first-order valence-electron chi connectivity index (χ1n) is 17.8. The van der Waals surface area contributed by atoms with Gasteiger partial charge in [-0.15, -0.1) is 0 Å². The van der Waals surface area contributed by atoms with Crippen molar-refractivity contribution in [3.63, 3.8) is 0 Å². The van der Waals surface area contributed by atoms with Crippen LogP contribution in [-0.4, -0.2) is 124 Å². The average Bonchev–Trinajstić information content (AvgIpc) is 3.09. The second-order valence-electron chi connectivity index (χ2n) is 14.9. The van der Waals surface area contributed by atoms with Crippen molar-refractivity contribution < 1.29 is 53.2 Å². The van der Waals surface area contributed by atoms with Crippen LogP contribution in [0.4, 0.5) is 0 Å². The molecule has 1 aromatic rings. The Balaban J connectivity index is 3.16. The maximum atomic E-state index is 13.7. The van der Waals surface area contributed by atoms with Crippen LogP contribution >= 0.6 is 0 Å². The van der Waals surface area contributed by atoms with E-state index in [0.717, 1.165) is 5.56 Å². The third-order valence-corrected chi connectivity index (χ3v) is 8.61. The molecule has 0 bridgehead atoms. The molecule has 54 heavy (non-hydrogen) atoms. The van der Waals surface area contributed by atoms with Crippen molar-refractivity contribution >= 4 is 41.5 Å².